The molecule has 0 unspecified atom stereocenters. The molecule has 0 N–H and O–H groups in total. The van der Waals surface area contributed by atoms with Crippen LogP contribution in [0.3, 0.4) is 0 Å². The van der Waals surface area contributed by atoms with Gasteiger partial charge in [0.05, 0.1) is 0 Å². The van der Waals surface area contributed by atoms with Crippen molar-refractivity contribution in [1.82, 2.24) is 0 Å². The molecule has 1 spiro atoms. The lowest BCUT2D eigenvalue weighted by atomic mass is 9.75. The van der Waals surface area contributed by atoms with Crippen molar-refractivity contribution in [3.8, 4) is 0 Å². The fourth-order valence-corrected chi connectivity index (χ4v) is 1.43. The van der Waals surface area contributed by atoms with Crippen molar-refractivity contribution in [3.63, 3.8) is 0 Å². The maximum absolute atomic E-state index is 11.0. The van der Waals surface area contributed by atoms with Crippen LogP contribution in [-0.2, 0) is 14.3 Å². The minimum absolute atomic E-state index is 0.420. The molecule has 1 aliphatic carbocycles. The first kappa shape index (κ1) is 7.28. The fraction of sp³-hybridized carbons (Fsp3) is 0.333. The predicted octanol–water partition coefficient (Wildman–Crippen LogP) is 0.962. The zero-order valence-corrected chi connectivity index (χ0v) is 6.50. The summed E-state index contributed by atoms with van der Waals surface area (Å²) in [5, 5.41) is 0. The van der Waals surface area contributed by atoms with Crippen molar-refractivity contribution in [1.29, 1.82) is 0 Å². The molecule has 0 aromatic heterocycles. The maximum atomic E-state index is 11.0. The van der Waals surface area contributed by atoms with Crippen molar-refractivity contribution in [2.24, 2.45) is 5.41 Å². The van der Waals surface area contributed by atoms with Gasteiger partial charge in [0.1, 0.15) is 0 Å². The van der Waals surface area contributed by atoms with E-state index in [2.05, 4.69) is 11.3 Å². The highest BCUT2D eigenvalue weighted by Gasteiger charge is 2.57. The quantitative estimate of drug-likeness (QED) is 0.395. The summed E-state index contributed by atoms with van der Waals surface area (Å²) in [7, 11) is 0. The number of esters is 2. The Morgan fingerprint density at radius 1 is 1.42 bits per heavy atom. The van der Waals surface area contributed by atoms with Gasteiger partial charge in [0, 0.05) is 0 Å². The molecule has 3 heteroatoms. The van der Waals surface area contributed by atoms with Gasteiger partial charge >= 0.3 is 11.9 Å². The molecule has 0 radical (unpaired) electrons. The predicted molar refractivity (Wildman–Crippen MR) is 41.0 cm³/mol. The Hall–Kier alpha value is -1.38. The molecule has 62 valence electrons. The van der Waals surface area contributed by atoms with Crippen LogP contribution >= 0.6 is 0 Å². The first-order chi connectivity index (χ1) is 5.65. The van der Waals surface area contributed by atoms with Crippen LogP contribution in [0.25, 0.3) is 0 Å². The lowest BCUT2D eigenvalue weighted by molar-refractivity contribution is -0.192. The number of carbonyl (C=O) groups is 2. The van der Waals surface area contributed by atoms with Crippen LogP contribution in [0.1, 0.15) is 12.8 Å². The summed E-state index contributed by atoms with van der Waals surface area (Å²) in [6, 6.07) is 0. The van der Waals surface area contributed by atoms with Crippen molar-refractivity contribution in [3.05, 3.63) is 24.3 Å². The average Bonchev–Trinajstić information content (AvgIpc) is 2.06. The van der Waals surface area contributed by atoms with Crippen LogP contribution in [0.2, 0.25) is 0 Å². The molecular weight excluding hydrogens is 156 g/mol. The van der Waals surface area contributed by atoms with Gasteiger partial charge in [0.25, 0.3) is 0 Å². The lowest BCUT2D eigenvalue weighted by Gasteiger charge is -2.35. The smallest absolute Gasteiger partial charge is 0.335 e. The number of hydrogen-bond acceptors (Lipinski definition) is 3. The van der Waals surface area contributed by atoms with E-state index in [1.807, 2.05) is 0 Å². The Balaban J connectivity index is 2.34. The molecule has 2 rings (SSSR count). The van der Waals surface area contributed by atoms with Crippen LogP contribution in [0.5, 0.6) is 0 Å². The highest BCUT2D eigenvalue weighted by molar-refractivity contribution is 6.15. The summed E-state index contributed by atoms with van der Waals surface area (Å²) in [4.78, 5) is 22.0. The molecule has 1 fully saturated rings. The van der Waals surface area contributed by atoms with Gasteiger partial charge in [0.2, 0.25) is 0 Å². The second-order valence-electron chi connectivity index (χ2n) is 3.14. The number of ether oxygens (including phenoxy) is 1. The van der Waals surface area contributed by atoms with E-state index in [-0.39, 0.29) is 0 Å². The molecule has 3 nitrogen and oxygen atoms in total. The molecule has 2 aliphatic rings. The number of allylic oxidation sites excluding steroid dienone is 2. The topological polar surface area (TPSA) is 43.4 Å². The van der Waals surface area contributed by atoms with E-state index < -0.39 is 17.4 Å². The van der Waals surface area contributed by atoms with Gasteiger partial charge in [-0.05, 0) is 12.8 Å². The Morgan fingerprint density at radius 2 is 2.08 bits per heavy atom. The van der Waals surface area contributed by atoms with E-state index in [1.54, 1.807) is 12.2 Å². The van der Waals surface area contributed by atoms with E-state index >= 15 is 0 Å². The van der Waals surface area contributed by atoms with E-state index in [9.17, 15) is 9.59 Å². The normalized spacial score (nSPS) is 25.5. The molecule has 0 aromatic rings. The van der Waals surface area contributed by atoms with Crippen molar-refractivity contribution in [2.45, 2.75) is 12.8 Å². The third-order valence-corrected chi connectivity index (χ3v) is 2.36. The van der Waals surface area contributed by atoms with E-state index in [0.29, 0.717) is 12.8 Å². The van der Waals surface area contributed by atoms with Crippen molar-refractivity contribution >= 4 is 11.9 Å². The van der Waals surface area contributed by atoms with Crippen LogP contribution in [-0.4, -0.2) is 11.9 Å². The minimum Gasteiger partial charge on any atom is -0.391 e. The highest BCUT2D eigenvalue weighted by Crippen LogP contribution is 2.41. The summed E-state index contributed by atoms with van der Waals surface area (Å²) in [5.74, 6) is -0.840. The minimum atomic E-state index is -0.943. The molecule has 0 bridgehead atoms. The van der Waals surface area contributed by atoms with Gasteiger partial charge in [-0.25, -0.2) is 9.59 Å². The Labute approximate surface area is 69.7 Å². The van der Waals surface area contributed by atoms with Gasteiger partial charge in [-0.15, -0.1) is 0 Å². The average molecular weight is 164 g/mol. The summed E-state index contributed by atoms with van der Waals surface area (Å²) in [6.07, 6.45) is 4.53. The maximum Gasteiger partial charge on any atom is 0.335 e. The molecule has 1 saturated heterocycles. The summed E-state index contributed by atoms with van der Waals surface area (Å²) >= 11 is 0. The van der Waals surface area contributed by atoms with E-state index in [0.717, 1.165) is 5.57 Å². The molecule has 0 atom stereocenters. The monoisotopic (exact) mass is 164 g/mol. The van der Waals surface area contributed by atoms with Gasteiger partial charge in [-0.1, -0.05) is 24.3 Å². The summed E-state index contributed by atoms with van der Waals surface area (Å²) < 4.78 is 4.31. The van der Waals surface area contributed by atoms with Gasteiger partial charge in [0.15, 0.2) is 5.41 Å². The molecular formula is C9H8O3. The molecule has 12 heavy (non-hydrogen) atoms. The Morgan fingerprint density at radius 3 is 2.50 bits per heavy atom. The van der Waals surface area contributed by atoms with Crippen molar-refractivity contribution in [2.75, 3.05) is 0 Å². The highest BCUT2D eigenvalue weighted by atomic mass is 16.6. The summed E-state index contributed by atoms with van der Waals surface area (Å²) in [5.41, 5.74) is 0.00870. The molecule has 0 saturated carbocycles. The van der Waals surface area contributed by atoms with Crippen molar-refractivity contribution < 1.29 is 14.3 Å². The number of cyclic esters (lactones) is 2. The summed E-state index contributed by atoms with van der Waals surface area (Å²) in [6.45, 7) is 3.74. The number of rotatable bonds is 0. The van der Waals surface area contributed by atoms with Crippen LogP contribution in [0.4, 0.5) is 0 Å². The zero-order chi connectivity index (χ0) is 8.77. The number of hydrogen-bond donors (Lipinski definition) is 0. The van der Waals surface area contributed by atoms with E-state index in [4.69, 9.17) is 0 Å². The molecule has 0 aromatic carbocycles. The van der Waals surface area contributed by atoms with E-state index in [1.165, 1.54) is 0 Å². The first-order valence-corrected chi connectivity index (χ1v) is 3.79. The zero-order valence-electron chi connectivity index (χ0n) is 6.50. The molecule has 0 amide bonds. The standard InChI is InChI=1S/C9H8O3/c1-6-2-4-9(5-3-6)7(10)12-8(9)11/h2,4H,1,3,5H2. The van der Waals surface area contributed by atoms with Crippen LogP contribution in [0.15, 0.2) is 24.3 Å². The Bertz CT molecular complexity index is 298. The lowest BCUT2D eigenvalue weighted by Crippen LogP contribution is -2.52. The molecule has 1 heterocycles. The fourth-order valence-electron chi connectivity index (χ4n) is 1.43. The van der Waals surface area contributed by atoms with Gasteiger partial charge in [-0.3, -0.25) is 0 Å². The number of carbonyl (C=O) groups excluding carboxylic acids is 2. The van der Waals surface area contributed by atoms with Crippen LogP contribution in [0, 0.1) is 5.41 Å². The first-order valence-electron chi connectivity index (χ1n) is 3.79. The largest absolute Gasteiger partial charge is 0.391 e. The molecule has 1 aliphatic heterocycles. The van der Waals surface area contributed by atoms with Crippen LogP contribution < -0.4 is 0 Å². The second kappa shape index (κ2) is 2.06. The third kappa shape index (κ3) is 0.706. The SMILES string of the molecule is C=C1C=CC2(CC1)C(=O)OC2=O. The van der Waals surface area contributed by atoms with Gasteiger partial charge in [-0.2, -0.15) is 0 Å². The Kier molecular flexibility index (Phi) is 1.25. The third-order valence-electron chi connectivity index (χ3n) is 2.36. The second-order valence-corrected chi connectivity index (χ2v) is 3.14. The van der Waals surface area contributed by atoms with Gasteiger partial charge < -0.3 is 4.74 Å².